The predicted octanol–water partition coefficient (Wildman–Crippen LogP) is 2.92. The average molecular weight is 379 g/mol. The zero-order chi connectivity index (χ0) is 17.8. The number of hydrogen-bond acceptors (Lipinski definition) is 4. The molecule has 1 fully saturated rings. The van der Waals surface area contributed by atoms with Crippen LogP contribution in [0.2, 0.25) is 10.0 Å². The molecule has 0 aliphatic carbocycles. The average Bonchev–Trinajstić information content (AvgIpc) is 2.65. The number of halogens is 2. The van der Waals surface area contributed by atoms with E-state index >= 15 is 0 Å². The van der Waals surface area contributed by atoms with Crippen molar-refractivity contribution in [2.75, 3.05) is 36.4 Å². The Bertz CT molecular complexity index is 792. The molecule has 0 saturated carbocycles. The molecule has 1 aliphatic rings. The standard InChI is InChI=1S/C17H16Cl2N4O2/c18-14-2-1-12(9-15(14)19)21-17(25)16-10-13(3-4-20-16)23-7-5-22(11-24)6-8-23/h1-4,9-11H,5-8H2,(H,21,25). The Balaban J connectivity index is 1.71. The summed E-state index contributed by atoms with van der Waals surface area (Å²) in [6, 6.07) is 8.48. The van der Waals surface area contributed by atoms with Gasteiger partial charge < -0.3 is 15.1 Å². The summed E-state index contributed by atoms with van der Waals surface area (Å²) in [6.45, 7) is 2.76. The lowest BCUT2D eigenvalue weighted by Crippen LogP contribution is -2.45. The monoisotopic (exact) mass is 378 g/mol. The second-order valence-electron chi connectivity index (χ2n) is 5.61. The van der Waals surface area contributed by atoms with Crippen LogP contribution in [0, 0.1) is 0 Å². The van der Waals surface area contributed by atoms with Crippen molar-refractivity contribution < 1.29 is 9.59 Å². The van der Waals surface area contributed by atoms with E-state index in [1.165, 1.54) is 0 Å². The number of nitrogens with zero attached hydrogens (tertiary/aromatic N) is 3. The van der Waals surface area contributed by atoms with Gasteiger partial charge in [-0.15, -0.1) is 0 Å². The Kier molecular flexibility index (Phi) is 5.40. The minimum absolute atomic E-state index is 0.307. The van der Waals surface area contributed by atoms with Gasteiger partial charge in [0.2, 0.25) is 6.41 Å². The van der Waals surface area contributed by atoms with Crippen LogP contribution in [0.4, 0.5) is 11.4 Å². The molecular weight excluding hydrogens is 363 g/mol. The largest absolute Gasteiger partial charge is 0.368 e. The van der Waals surface area contributed by atoms with Gasteiger partial charge in [0.15, 0.2) is 0 Å². The Morgan fingerprint density at radius 1 is 1.08 bits per heavy atom. The fraction of sp³-hybridized carbons (Fsp3) is 0.235. The first kappa shape index (κ1) is 17.5. The molecule has 0 unspecified atom stereocenters. The van der Waals surface area contributed by atoms with Gasteiger partial charge in [0.1, 0.15) is 5.69 Å². The number of rotatable bonds is 4. The van der Waals surface area contributed by atoms with Crippen LogP contribution in [0.1, 0.15) is 10.5 Å². The molecule has 2 heterocycles. The first-order valence-electron chi connectivity index (χ1n) is 7.73. The lowest BCUT2D eigenvalue weighted by Gasteiger charge is -2.34. The molecule has 2 aromatic rings. The smallest absolute Gasteiger partial charge is 0.274 e. The van der Waals surface area contributed by atoms with Crippen molar-refractivity contribution in [3.63, 3.8) is 0 Å². The van der Waals surface area contributed by atoms with Crippen LogP contribution in [0.25, 0.3) is 0 Å². The molecule has 6 nitrogen and oxygen atoms in total. The van der Waals surface area contributed by atoms with Crippen molar-refractivity contribution in [3.05, 3.63) is 52.3 Å². The quantitative estimate of drug-likeness (QED) is 0.830. The summed E-state index contributed by atoms with van der Waals surface area (Å²) in [6.07, 6.45) is 2.46. The van der Waals surface area contributed by atoms with E-state index in [0.29, 0.717) is 34.5 Å². The third kappa shape index (κ3) is 4.21. The Morgan fingerprint density at radius 3 is 2.52 bits per heavy atom. The minimum Gasteiger partial charge on any atom is -0.368 e. The second-order valence-corrected chi connectivity index (χ2v) is 6.43. The maximum absolute atomic E-state index is 12.4. The highest BCUT2D eigenvalue weighted by molar-refractivity contribution is 6.42. The second kappa shape index (κ2) is 7.72. The number of amides is 2. The van der Waals surface area contributed by atoms with Crippen molar-refractivity contribution in [2.24, 2.45) is 0 Å². The number of anilines is 2. The van der Waals surface area contributed by atoms with E-state index in [9.17, 15) is 9.59 Å². The Labute approximate surface area is 155 Å². The molecule has 0 spiro atoms. The van der Waals surface area contributed by atoms with Gasteiger partial charge in [0.05, 0.1) is 10.0 Å². The maximum Gasteiger partial charge on any atom is 0.274 e. The number of nitrogens with one attached hydrogen (secondary N) is 1. The molecule has 25 heavy (non-hydrogen) atoms. The van der Waals surface area contributed by atoms with Gasteiger partial charge >= 0.3 is 0 Å². The van der Waals surface area contributed by atoms with Crippen molar-refractivity contribution in [2.45, 2.75) is 0 Å². The zero-order valence-electron chi connectivity index (χ0n) is 13.3. The fourth-order valence-electron chi connectivity index (χ4n) is 2.59. The summed E-state index contributed by atoms with van der Waals surface area (Å²) in [7, 11) is 0. The van der Waals surface area contributed by atoms with Gasteiger partial charge in [-0.1, -0.05) is 23.2 Å². The predicted molar refractivity (Wildman–Crippen MR) is 98.5 cm³/mol. The van der Waals surface area contributed by atoms with Crippen LogP contribution in [-0.2, 0) is 4.79 Å². The van der Waals surface area contributed by atoms with Gasteiger partial charge in [-0.05, 0) is 30.3 Å². The topological polar surface area (TPSA) is 65.5 Å². The molecule has 1 saturated heterocycles. The van der Waals surface area contributed by atoms with E-state index in [1.54, 1.807) is 35.4 Å². The minimum atomic E-state index is -0.327. The highest BCUT2D eigenvalue weighted by Crippen LogP contribution is 2.25. The summed E-state index contributed by atoms with van der Waals surface area (Å²) >= 11 is 11.8. The van der Waals surface area contributed by atoms with Gasteiger partial charge in [0, 0.05) is 43.8 Å². The maximum atomic E-state index is 12.4. The molecule has 130 valence electrons. The SMILES string of the molecule is O=CN1CCN(c2ccnc(C(=O)Nc3ccc(Cl)c(Cl)c3)c2)CC1. The van der Waals surface area contributed by atoms with Crippen LogP contribution < -0.4 is 10.2 Å². The van der Waals surface area contributed by atoms with E-state index < -0.39 is 0 Å². The van der Waals surface area contributed by atoms with Gasteiger partial charge in [-0.2, -0.15) is 0 Å². The van der Waals surface area contributed by atoms with Crippen molar-refractivity contribution in [1.82, 2.24) is 9.88 Å². The molecule has 8 heteroatoms. The fourth-order valence-corrected chi connectivity index (χ4v) is 2.89. The van der Waals surface area contributed by atoms with E-state index in [1.807, 2.05) is 6.07 Å². The van der Waals surface area contributed by atoms with Crippen molar-refractivity contribution >= 4 is 46.9 Å². The zero-order valence-corrected chi connectivity index (χ0v) is 14.8. The molecule has 0 bridgehead atoms. The number of benzene rings is 1. The highest BCUT2D eigenvalue weighted by atomic mass is 35.5. The number of pyridine rings is 1. The van der Waals surface area contributed by atoms with Crippen LogP contribution >= 0.6 is 23.2 Å². The van der Waals surface area contributed by atoms with Gasteiger partial charge in [-0.3, -0.25) is 14.6 Å². The number of aromatic nitrogens is 1. The van der Waals surface area contributed by atoms with Crippen LogP contribution in [0.3, 0.4) is 0 Å². The normalized spacial score (nSPS) is 14.3. The molecule has 1 N–H and O–H groups in total. The number of carbonyl (C=O) groups excluding carboxylic acids is 2. The van der Waals surface area contributed by atoms with Crippen molar-refractivity contribution in [1.29, 1.82) is 0 Å². The van der Waals surface area contributed by atoms with E-state index in [4.69, 9.17) is 23.2 Å². The summed E-state index contributed by atoms with van der Waals surface area (Å²) in [5.41, 5.74) is 1.76. The summed E-state index contributed by atoms with van der Waals surface area (Å²) in [5, 5.41) is 3.55. The Morgan fingerprint density at radius 2 is 1.84 bits per heavy atom. The molecule has 0 radical (unpaired) electrons. The lowest BCUT2D eigenvalue weighted by atomic mass is 10.2. The first-order chi connectivity index (χ1) is 12.1. The van der Waals surface area contributed by atoms with Crippen LogP contribution in [-0.4, -0.2) is 48.4 Å². The molecule has 1 aromatic carbocycles. The van der Waals surface area contributed by atoms with Crippen LogP contribution in [0.5, 0.6) is 0 Å². The van der Waals surface area contributed by atoms with E-state index in [-0.39, 0.29) is 5.91 Å². The molecule has 0 atom stereocenters. The highest BCUT2D eigenvalue weighted by Gasteiger charge is 2.17. The molecule has 2 amide bonds. The number of piperazine rings is 1. The third-order valence-corrected chi connectivity index (χ3v) is 4.72. The van der Waals surface area contributed by atoms with Crippen LogP contribution in [0.15, 0.2) is 36.5 Å². The Hall–Kier alpha value is -2.31. The first-order valence-corrected chi connectivity index (χ1v) is 8.49. The van der Waals surface area contributed by atoms with Gasteiger partial charge in [-0.25, -0.2) is 0 Å². The summed E-state index contributed by atoms with van der Waals surface area (Å²) < 4.78 is 0. The number of carbonyl (C=O) groups is 2. The molecule has 1 aliphatic heterocycles. The van der Waals surface area contributed by atoms with E-state index in [0.717, 1.165) is 25.2 Å². The molecular formula is C17H16Cl2N4O2. The summed E-state index contributed by atoms with van der Waals surface area (Å²) in [5.74, 6) is -0.327. The molecule has 3 rings (SSSR count). The lowest BCUT2D eigenvalue weighted by molar-refractivity contribution is -0.118. The van der Waals surface area contributed by atoms with E-state index in [2.05, 4.69) is 15.2 Å². The number of hydrogen-bond donors (Lipinski definition) is 1. The summed E-state index contributed by atoms with van der Waals surface area (Å²) in [4.78, 5) is 31.2. The third-order valence-electron chi connectivity index (χ3n) is 3.98. The van der Waals surface area contributed by atoms with Crippen molar-refractivity contribution in [3.8, 4) is 0 Å². The molecule has 1 aromatic heterocycles. The van der Waals surface area contributed by atoms with Gasteiger partial charge in [0.25, 0.3) is 5.91 Å².